The van der Waals surface area contributed by atoms with E-state index in [0.29, 0.717) is 0 Å². The second-order valence-electron chi connectivity index (χ2n) is 5.10. The molecule has 0 heterocycles. The zero-order valence-corrected chi connectivity index (χ0v) is 10.7. The van der Waals surface area contributed by atoms with Crippen LogP contribution in [0, 0.1) is 5.41 Å². The van der Waals surface area contributed by atoms with Gasteiger partial charge >= 0.3 is 5.97 Å². The highest BCUT2D eigenvalue weighted by molar-refractivity contribution is 5.84. The maximum Gasteiger partial charge on any atom is 0.309 e. The molecule has 1 amide bonds. The molecule has 94 valence electrons. The predicted octanol–water partition coefficient (Wildman–Crippen LogP) is 0.554. The van der Waals surface area contributed by atoms with Gasteiger partial charge in [-0.25, -0.2) is 0 Å². The summed E-state index contributed by atoms with van der Waals surface area (Å²) in [6.07, 6.45) is 0.000101. The van der Waals surface area contributed by atoms with Gasteiger partial charge in [-0.3, -0.25) is 9.59 Å². The summed E-state index contributed by atoms with van der Waals surface area (Å²) in [4.78, 5) is 24.4. The van der Waals surface area contributed by atoms with Crippen molar-refractivity contribution in [3.8, 4) is 0 Å². The first-order valence-electron chi connectivity index (χ1n) is 5.32. The fraction of sp³-hybridized carbons (Fsp3) is 0.818. The molecule has 0 aromatic rings. The summed E-state index contributed by atoms with van der Waals surface area (Å²) in [5.74, 6) is -1.18. The average Bonchev–Trinajstić information content (AvgIpc) is 1.99. The van der Waals surface area contributed by atoms with E-state index in [2.05, 4.69) is 5.32 Å². The number of likely N-dealkylation sites (N-methyl/N-ethyl adjacent to an activating group) is 1. The van der Waals surface area contributed by atoms with Gasteiger partial charge in [-0.15, -0.1) is 0 Å². The number of aliphatic carboxylic acids is 1. The van der Waals surface area contributed by atoms with E-state index in [1.54, 1.807) is 13.8 Å². The number of carboxylic acid groups (broad SMARTS) is 1. The van der Waals surface area contributed by atoms with Gasteiger partial charge in [0.25, 0.3) is 0 Å². The first-order chi connectivity index (χ1) is 7.15. The zero-order valence-electron chi connectivity index (χ0n) is 10.7. The summed E-state index contributed by atoms with van der Waals surface area (Å²) in [7, 11) is 3.84. The Balaban J connectivity index is 4.14. The van der Waals surface area contributed by atoms with Crippen LogP contribution >= 0.6 is 0 Å². The van der Waals surface area contributed by atoms with E-state index in [9.17, 15) is 9.59 Å². The minimum absolute atomic E-state index is 0.000101. The van der Waals surface area contributed by atoms with Crippen LogP contribution in [-0.2, 0) is 9.59 Å². The molecule has 0 saturated carbocycles. The molecule has 16 heavy (non-hydrogen) atoms. The van der Waals surface area contributed by atoms with Crippen molar-refractivity contribution in [3.63, 3.8) is 0 Å². The van der Waals surface area contributed by atoms with Crippen LogP contribution in [0.5, 0.6) is 0 Å². The Labute approximate surface area is 96.8 Å². The molecule has 0 bridgehead atoms. The normalized spacial score (nSPS) is 13.6. The number of rotatable bonds is 6. The third kappa shape index (κ3) is 5.70. The molecule has 0 aliphatic heterocycles. The first kappa shape index (κ1) is 14.9. The Bertz CT molecular complexity index is 262. The molecule has 0 saturated heterocycles. The van der Waals surface area contributed by atoms with E-state index >= 15 is 0 Å². The second kappa shape index (κ2) is 5.84. The van der Waals surface area contributed by atoms with Crippen LogP contribution in [0.1, 0.15) is 27.2 Å². The van der Waals surface area contributed by atoms with Crippen molar-refractivity contribution in [1.29, 1.82) is 0 Å². The molecular weight excluding hydrogens is 208 g/mol. The molecule has 1 atom stereocenters. The number of amides is 1. The fourth-order valence-corrected chi connectivity index (χ4v) is 1.40. The van der Waals surface area contributed by atoms with Gasteiger partial charge in [-0.05, 0) is 34.9 Å². The summed E-state index contributed by atoms with van der Waals surface area (Å²) in [5.41, 5.74) is -1.01. The van der Waals surface area contributed by atoms with Crippen LogP contribution in [0.2, 0.25) is 0 Å². The van der Waals surface area contributed by atoms with E-state index in [-0.39, 0.29) is 18.4 Å². The molecular formula is C11H22N2O3. The van der Waals surface area contributed by atoms with Crippen molar-refractivity contribution in [3.05, 3.63) is 0 Å². The monoisotopic (exact) mass is 230 g/mol. The Kier molecular flexibility index (Phi) is 5.44. The van der Waals surface area contributed by atoms with Gasteiger partial charge < -0.3 is 15.3 Å². The maximum atomic E-state index is 11.6. The molecule has 0 radical (unpaired) electrons. The highest BCUT2D eigenvalue weighted by Crippen LogP contribution is 2.20. The third-order valence-electron chi connectivity index (χ3n) is 2.23. The van der Waals surface area contributed by atoms with Gasteiger partial charge in [0, 0.05) is 19.0 Å². The van der Waals surface area contributed by atoms with Gasteiger partial charge in [0.05, 0.1) is 5.41 Å². The minimum atomic E-state index is -1.01. The van der Waals surface area contributed by atoms with Gasteiger partial charge in [-0.1, -0.05) is 0 Å². The third-order valence-corrected chi connectivity index (χ3v) is 2.23. The van der Waals surface area contributed by atoms with Crippen LogP contribution in [-0.4, -0.2) is 48.6 Å². The molecule has 0 rings (SSSR count). The Morgan fingerprint density at radius 2 is 1.88 bits per heavy atom. The van der Waals surface area contributed by atoms with Gasteiger partial charge in [0.1, 0.15) is 0 Å². The lowest BCUT2D eigenvalue weighted by molar-refractivity contribution is -0.149. The summed E-state index contributed by atoms with van der Waals surface area (Å²) in [6.45, 7) is 5.72. The first-order valence-corrected chi connectivity index (χ1v) is 5.32. The molecule has 5 nitrogen and oxygen atoms in total. The summed E-state index contributed by atoms with van der Waals surface area (Å²) >= 11 is 0. The van der Waals surface area contributed by atoms with Crippen molar-refractivity contribution in [2.75, 3.05) is 20.6 Å². The van der Waals surface area contributed by atoms with Crippen molar-refractivity contribution >= 4 is 11.9 Å². The van der Waals surface area contributed by atoms with Gasteiger partial charge in [0.2, 0.25) is 5.91 Å². The molecule has 0 aliphatic carbocycles. The molecule has 2 N–H and O–H groups in total. The quantitative estimate of drug-likeness (QED) is 0.699. The largest absolute Gasteiger partial charge is 0.481 e. The Hall–Kier alpha value is -1.10. The number of carbonyl (C=O) groups excluding carboxylic acids is 1. The smallest absolute Gasteiger partial charge is 0.309 e. The van der Waals surface area contributed by atoms with E-state index in [4.69, 9.17) is 5.11 Å². The predicted molar refractivity (Wildman–Crippen MR) is 62.2 cm³/mol. The van der Waals surface area contributed by atoms with Crippen molar-refractivity contribution in [1.82, 2.24) is 10.2 Å². The van der Waals surface area contributed by atoms with Gasteiger partial charge in [-0.2, -0.15) is 0 Å². The van der Waals surface area contributed by atoms with E-state index in [1.807, 2.05) is 25.9 Å². The number of carboxylic acids is 1. The topological polar surface area (TPSA) is 69.6 Å². The maximum absolute atomic E-state index is 11.6. The zero-order chi connectivity index (χ0) is 12.9. The lowest BCUT2D eigenvalue weighted by Gasteiger charge is -2.22. The van der Waals surface area contributed by atoms with Crippen molar-refractivity contribution in [2.45, 2.75) is 33.2 Å². The highest BCUT2D eigenvalue weighted by atomic mass is 16.4. The van der Waals surface area contributed by atoms with Crippen LogP contribution in [0.15, 0.2) is 0 Å². The Morgan fingerprint density at radius 3 is 2.25 bits per heavy atom. The van der Waals surface area contributed by atoms with Crippen LogP contribution in [0.4, 0.5) is 0 Å². The number of nitrogens with one attached hydrogen (secondary N) is 1. The summed E-state index contributed by atoms with van der Waals surface area (Å²) < 4.78 is 0. The summed E-state index contributed by atoms with van der Waals surface area (Å²) in [6, 6.07) is 0.0205. The van der Waals surface area contributed by atoms with Crippen molar-refractivity contribution < 1.29 is 14.7 Å². The molecule has 1 unspecified atom stereocenters. The van der Waals surface area contributed by atoms with E-state index < -0.39 is 11.4 Å². The SMILES string of the molecule is CC(CN(C)C)NC(=O)CC(C)(C)C(=O)O. The van der Waals surface area contributed by atoms with E-state index in [1.165, 1.54) is 0 Å². The fourth-order valence-electron chi connectivity index (χ4n) is 1.40. The van der Waals surface area contributed by atoms with Crippen LogP contribution < -0.4 is 5.32 Å². The lowest BCUT2D eigenvalue weighted by atomic mass is 9.89. The van der Waals surface area contributed by atoms with Crippen molar-refractivity contribution in [2.24, 2.45) is 5.41 Å². The lowest BCUT2D eigenvalue weighted by Crippen LogP contribution is -2.42. The second-order valence-corrected chi connectivity index (χ2v) is 5.10. The molecule has 5 heteroatoms. The van der Waals surface area contributed by atoms with Crippen LogP contribution in [0.25, 0.3) is 0 Å². The molecule has 0 spiro atoms. The summed E-state index contributed by atoms with van der Waals surface area (Å²) in [5, 5.41) is 11.7. The number of hydrogen-bond donors (Lipinski definition) is 2. The number of nitrogens with zero attached hydrogens (tertiary/aromatic N) is 1. The molecule has 0 aliphatic rings. The standard InChI is InChI=1S/C11H22N2O3/c1-8(7-13(4)5)12-9(14)6-11(2,3)10(15)16/h8H,6-7H2,1-5H3,(H,12,14)(H,15,16). The number of carbonyl (C=O) groups is 2. The molecule has 0 aromatic carbocycles. The van der Waals surface area contributed by atoms with Gasteiger partial charge in [0.15, 0.2) is 0 Å². The minimum Gasteiger partial charge on any atom is -0.481 e. The van der Waals surface area contributed by atoms with Crippen LogP contribution in [0.3, 0.4) is 0 Å². The average molecular weight is 230 g/mol. The molecule has 0 fully saturated rings. The molecule has 0 aromatic heterocycles. The Morgan fingerprint density at radius 1 is 1.38 bits per heavy atom. The highest BCUT2D eigenvalue weighted by Gasteiger charge is 2.30. The van der Waals surface area contributed by atoms with E-state index in [0.717, 1.165) is 6.54 Å². The number of hydrogen-bond acceptors (Lipinski definition) is 3.